The molecule has 1 aliphatic heterocycles. The molecule has 1 saturated heterocycles. The molecule has 0 aliphatic carbocycles. The van der Waals surface area contributed by atoms with E-state index in [0.29, 0.717) is 6.04 Å². The summed E-state index contributed by atoms with van der Waals surface area (Å²) in [5.41, 5.74) is 8.75. The number of piperidine rings is 1. The standard InChI is InChI=1S/C15H24N2/c1-2-13-6-8-14(9-7-13)15(12-16)17-10-4-3-5-11-17/h6-9,15H,2-5,10-12,16H2,1H3/t15-/m1/s1. The van der Waals surface area contributed by atoms with Crippen LogP contribution in [0.2, 0.25) is 0 Å². The van der Waals surface area contributed by atoms with Crippen LogP contribution >= 0.6 is 0 Å². The van der Waals surface area contributed by atoms with Crippen LogP contribution in [0.4, 0.5) is 0 Å². The van der Waals surface area contributed by atoms with Gasteiger partial charge in [-0.15, -0.1) is 0 Å². The van der Waals surface area contributed by atoms with Crippen molar-refractivity contribution >= 4 is 0 Å². The summed E-state index contributed by atoms with van der Waals surface area (Å²) < 4.78 is 0. The van der Waals surface area contributed by atoms with Crippen molar-refractivity contribution in [3.8, 4) is 0 Å². The van der Waals surface area contributed by atoms with Gasteiger partial charge in [0.15, 0.2) is 0 Å². The maximum Gasteiger partial charge on any atom is 0.0470 e. The molecule has 94 valence electrons. The average Bonchev–Trinajstić information content (AvgIpc) is 2.42. The van der Waals surface area contributed by atoms with Crippen LogP contribution in [0.5, 0.6) is 0 Å². The summed E-state index contributed by atoms with van der Waals surface area (Å²) in [6.45, 7) is 5.33. The lowest BCUT2D eigenvalue weighted by Crippen LogP contribution is -2.37. The van der Waals surface area contributed by atoms with E-state index in [-0.39, 0.29) is 0 Å². The first kappa shape index (κ1) is 12.6. The summed E-state index contributed by atoms with van der Waals surface area (Å²) in [6, 6.07) is 9.40. The average molecular weight is 232 g/mol. The van der Waals surface area contributed by atoms with Gasteiger partial charge in [0, 0.05) is 12.6 Å². The third-order valence-corrected chi connectivity index (χ3v) is 3.83. The summed E-state index contributed by atoms with van der Waals surface area (Å²) in [5.74, 6) is 0. The molecule has 1 fully saturated rings. The van der Waals surface area contributed by atoms with Crippen LogP contribution in [0.3, 0.4) is 0 Å². The fourth-order valence-corrected chi connectivity index (χ4v) is 2.70. The third-order valence-electron chi connectivity index (χ3n) is 3.83. The largest absolute Gasteiger partial charge is 0.329 e. The summed E-state index contributed by atoms with van der Waals surface area (Å²) in [4.78, 5) is 2.55. The van der Waals surface area contributed by atoms with Gasteiger partial charge in [0.05, 0.1) is 0 Å². The van der Waals surface area contributed by atoms with Gasteiger partial charge in [-0.1, -0.05) is 37.6 Å². The molecular formula is C15H24N2. The molecule has 1 aromatic rings. The molecule has 1 aromatic carbocycles. The van der Waals surface area contributed by atoms with E-state index in [2.05, 4.69) is 36.1 Å². The summed E-state index contributed by atoms with van der Waals surface area (Å²) in [5, 5.41) is 0. The fraction of sp³-hybridized carbons (Fsp3) is 0.600. The Morgan fingerprint density at radius 3 is 2.29 bits per heavy atom. The summed E-state index contributed by atoms with van der Waals surface area (Å²) >= 11 is 0. The number of hydrogen-bond donors (Lipinski definition) is 1. The Hall–Kier alpha value is -0.860. The number of nitrogens with two attached hydrogens (primary N) is 1. The number of nitrogens with zero attached hydrogens (tertiary/aromatic N) is 1. The fourth-order valence-electron chi connectivity index (χ4n) is 2.70. The lowest BCUT2D eigenvalue weighted by atomic mass is 10.00. The molecule has 2 rings (SSSR count). The topological polar surface area (TPSA) is 29.3 Å². The minimum atomic E-state index is 0.418. The highest BCUT2D eigenvalue weighted by atomic mass is 15.2. The van der Waals surface area contributed by atoms with E-state index in [1.165, 1.54) is 43.5 Å². The molecule has 1 atom stereocenters. The second-order valence-electron chi connectivity index (χ2n) is 4.94. The van der Waals surface area contributed by atoms with Gasteiger partial charge in [0.25, 0.3) is 0 Å². The molecule has 2 nitrogen and oxygen atoms in total. The zero-order valence-corrected chi connectivity index (χ0v) is 10.9. The Balaban J connectivity index is 2.10. The number of rotatable bonds is 4. The predicted molar refractivity (Wildman–Crippen MR) is 73.0 cm³/mol. The zero-order valence-electron chi connectivity index (χ0n) is 10.9. The minimum Gasteiger partial charge on any atom is -0.329 e. The van der Waals surface area contributed by atoms with Crippen LogP contribution < -0.4 is 5.73 Å². The Kier molecular flexibility index (Phi) is 4.57. The minimum absolute atomic E-state index is 0.418. The van der Waals surface area contributed by atoms with E-state index in [1.807, 2.05) is 0 Å². The van der Waals surface area contributed by atoms with Crippen LogP contribution in [0.1, 0.15) is 43.4 Å². The lowest BCUT2D eigenvalue weighted by Gasteiger charge is -2.34. The van der Waals surface area contributed by atoms with Crippen molar-refractivity contribution in [3.05, 3.63) is 35.4 Å². The van der Waals surface area contributed by atoms with Gasteiger partial charge in [-0.05, 0) is 43.5 Å². The van der Waals surface area contributed by atoms with Crippen molar-refractivity contribution in [2.45, 2.75) is 38.6 Å². The second kappa shape index (κ2) is 6.18. The quantitative estimate of drug-likeness (QED) is 0.865. The molecule has 0 aromatic heterocycles. The molecule has 2 heteroatoms. The van der Waals surface area contributed by atoms with Crippen molar-refractivity contribution in [3.63, 3.8) is 0 Å². The van der Waals surface area contributed by atoms with Crippen molar-refractivity contribution in [1.29, 1.82) is 0 Å². The molecule has 0 amide bonds. The third kappa shape index (κ3) is 3.08. The highest BCUT2D eigenvalue weighted by molar-refractivity contribution is 5.25. The van der Waals surface area contributed by atoms with E-state index < -0.39 is 0 Å². The van der Waals surface area contributed by atoms with Crippen LogP contribution in [0.25, 0.3) is 0 Å². The molecular weight excluding hydrogens is 208 g/mol. The molecule has 17 heavy (non-hydrogen) atoms. The first-order valence-electron chi connectivity index (χ1n) is 6.88. The summed E-state index contributed by atoms with van der Waals surface area (Å²) in [7, 11) is 0. The van der Waals surface area contributed by atoms with Crippen LogP contribution in [0.15, 0.2) is 24.3 Å². The van der Waals surface area contributed by atoms with E-state index in [4.69, 9.17) is 5.73 Å². The second-order valence-corrected chi connectivity index (χ2v) is 4.94. The molecule has 1 aliphatic rings. The van der Waals surface area contributed by atoms with Gasteiger partial charge in [0.1, 0.15) is 0 Å². The van der Waals surface area contributed by atoms with Crippen LogP contribution in [-0.2, 0) is 6.42 Å². The molecule has 0 saturated carbocycles. The van der Waals surface area contributed by atoms with E-state index in [1.54, 1.807) is 0 Å². The lowest BCUT2D eigenvalue weighted by molar-refractivity contribution is 0.167. The highest BCUT2D eigenvalue weighted by Gasteiger charge is 2.20. The molecule has 1 heterocycles. The van der Waals surface area contributed by atoms with Gasteiger partial charge in [-0.3, -0.25) is 4.90 Å². The monoisotopic (exact) mass is 232 g/mol. The van der Waals surface area contributed by atoms with E-state index in [9.17, 15) is 0 Å². The Morgan fingerprint density at radius 1 is 1.12 bits per heavy atom. The van der Waals surface area contributed by atoms with Gasteiger partial charge >= 0.3 is 0 Å². The normalized spacial score (nSPS) is 19.2. The van der Waals surface area contributed by atoms with Gasteiger partial charge < -0.3 is 5.73 Å². The first-order chi connectivity index (χ1) is 8.35. The highest BCUT2D eigenvalue weighted by Crippen LogP contribution is 2.24. The van der Waals surface area contributed by atoms with Crippen molar-refractivity contribution in [2.75, 3.05) is 19.6 Å². The maximum absolute atomic E-state index is 5.96. The van der Waals surface area contributed by atoms with Gasteiger partial charge in [-0.25, -0.2) is 0 Å². The Labute approximate surface area is 105 Å². The molecule has 2 N–H and O–H groups in total. The number of aryl methyl sites for hydroxylation is 1. The first-order valence-corrected chi connectivity index (χ1v) is 6.88. The van der Waals surface area contributed by atoms with Crippen molar-refractivity contribution < 1.29 is 0 Å². The maximum atomic E-state index is 5.96. The zero-order chi connectivity index (χ0) is 12.1. The van der Waals surface area contributed by atoms with E-state index in [0.717, 1.165) is 13.0 Å². The molecule has 0 spiro atoms. The molecule has 0 radical (unpaired) electrons. The van der Waals surface area contributed by atoms with Crippen LogP contribution in [-0.4, -0.2) is 24.5 Å². The smallest absolute Gasteiger partial charge is 0.0470 e. The Morgan fingerprint density at radius 2 is 1.76 bits per heavy atom. The molecule has 0 bridgehead atoms. The van der Waals surface area contributed by atoms with Gasteiger partial charge in [-0.2, -0.15) is 0 Å². The van der Waals surface area contributed by atoms with Crippen LogP contribution in [0, 0.1) is 0 Å². The number of likely N-dealkylation sites (tertiary alicyclic amines) is 1. The Bertz CT molecular complexity index is 325. The van der Waals surface area contributed by atoms with Gasteiger partial charge in [0.2, 0.25) is 0 Å². The predicted octanol–water partition coefficient (Wildman–Crippen LogP) is 2.73. The molecule has 0 unspecified atom stereocenters. The number of hydrogen-bond acceptors (Lipinski definition) is 2. The van der Waals surface area contributed by atoms with Crippen molar-refractivity contribution in [2.24, 2.45) is 5.73 Å². The van der Waals surface area contributed by atoms with Crippen molar-refractivity contribution in [1.82, 2.24) is 4.90 Å². The van der Waals surface area contributed by atoms with E-state index >= 15 is 0 Å². The summed E-state index contributed by atoms with van der Waals surface area (Å²) in [6.07, 6.45) is 5.13. The SMILES string of the molecule is CCc1ccc([C@@H](CN)N2CCCCC2)cc1. The number of benzene rings is 1.